The van der Waals surface area contributed by atoms with Gasteiger partial charge in [0.1, 0.15) is 12.7 Å². The Morgan fingerprint density at radius 1 is 1.07 bits per heavy atom. The number of hydrogen-bond donors (Lipinski definition) is 0. The minimum absolute atomic E-state index is 0.195. The smallest absolute Gasteiger partial charge is 0.417 e. The lowest BCUT2D eigenvalue weighted by Crippen LogP contribution is -2.55. The van der Waals surface area contributed by atoms with Crippen molar-refractivity contribution in [3.05, 3.63) is 35.9 Å². The van der Waals surface area contributed by atoms with E-state index in [4.69, 9.17) is 9.16 Å². The number of carbonyl (C=O) groups excluding carboxylic acids is 2. The van der Waals surface area contributed by atoms with Crippen LogP contribution < -0.4 is 0 Å². The number of ether oxygens (including phenoxy) is 1. The molecule has 6 heteroatoms. The lowest BCUT2D eigenvalue weighted by atomic mass is 10.1. The van der Waals surface area contributed by atoms with E-state index in [-0.39, 0.29) is 24.5 Å². The first kappa shape index (κ1) is 23.0. The van der Waals surface area contributed by atoms with Gasteiger partial charge in [0.25, 0.3) is 5.91 Å². The summed E-state index contributed by atoms with van der Waals surface area (Å²) in [4.78, 5) is 27.6. The Hall–Kier alpha value is -1.66. The monoisotopic (exact) mass is 431 g/mol. The molecule has 0 spiro atoms. The molecule has 1 aromatic rings. The Bertz CT molecular complexity index is 723. The summed E-state index contributed by atoms with van der Waals surface area (Å²) in [6.45, 7) is 13.6. The van der Waals surface area contributed by atoms with E-state index >= 15 is 0 Å². The van der Waals surface area contributed by atoms with Crippen LogP contribution in [0.15, 0.2) is 30.3 Å². The first-order valence-electron chi connectivity index (χ1n) is 11.4. The molecule has 2 fully saturated rings. The number of cyclic esters (lactones) is 1. The van der Waals surface area contributed by atoms with Crippen molar-refractivity contribution < 1.29 is 18.8 Å². The van der Waals surface area contributed by atoms with Gasteiger partial charge in [-0.25, -0.2) is 9.69 Å². The molecule has 166 valence electrons. The van der Waals surface area contributed by atoms with Crippen molar-refractivity contribution in [2.45, 2.75) is 89.6 Å². The van der Waals surface area contributed by atoms with Gasteiger partial charge in [0.2, 0.25) is 8.32 Å². The van der Waals surface area contributed by atoms with Crippen molar-refractivity contribution >= 4 is 20.3 Å². The van der Waals surface area contributed by atoms with Gasteiger partial charge in [-0.05, 0) is 47.4 Å². The summed E-state index contributed by atoms with van der Waals surface area (Å²) in [7, 11) is -2.24. The topological polar surface area (TPSA) is 55.8 Å². The normalized spacial score (nSPS) is 20.9. The number of nitrogens with zero attached hydrogens (tertiary/aromatic N) is 1. The predicted octanol–water partition coefficient (Wildman–Crippen LogP) is 5.55. The first-order valence-corrected chi connectivity index (χ1v) is 13.5. The molecule has 0 aromatic heterocycles. The summed E-state index contributed by atoms with van der Waals surface area (Å²) in [6, 6.07) is 9.69. The summed E-state index contributed by atoms with van der Waals surface area (Å²) < 4.78 is 12.2. The lowest BCUT2D eigenvalue weighted by molar-refractivity contribution is -0.138. The molecule has 0 N–H and O–H groups in total. The number of rotatable bonds is 9. The fraction of sp³-hybridized carbons (Fsp3) is 0.667. The van der Waals surface area contributed by atoms with Crippen molar-refractivity contribution in [2.24, 2.45) is 5.92 Å². The third kappa shape index (κ3) is 4.49. The van der Waals surface area contributed by atoms with E-state index in [0.717, 1.165) is 18.4 Å². The predicted molar refractivity (Wildman–Crippen MR) is 121 cm³/mol. The van der Waals surface area contributed by atoms with E-state index in [1.54, 1.807) is 0 Å². The van der Waals surface area contributed by atoms with Gasteiger partial charge < -0.3 is 9.16 Å². The molecule has 0 unspecified atom stereocenters. The van der Waals surface area contributed by atoms with E-state index in [2.05, 4.69) is 41.5 Å². The summed E-state index contributed by atoms with van der Waals surface area (Å²) >= 11 is 0. The molecule has 2 amide bonds. The molecule has 1 saturated carbocycles. The summed E-state index contributed by atoms with van der Waals surface area (Å²) in [5.74, 6) is 0.0196. The summed E-state index contributed by atoms with van der Waals surface area (Å²) in [5, 5.41) is 0. The molecule has 2 atom stereocenters. The van der Waals surface area contributed by atoms with Crippen molar-refractivity contribution in [3.63, 3.8) is 0 Å². The van der Waals surface area contributed by atoms with E-state index in [1.807, 2.05) is 30.3 Å². The highest BCUT2D eigenvalue weighted by molar-refractivity contribution is 6.77. The van der Waals surface area contributed by atoms with Crippen molar-refractivity contribution in [3.8, 4) is 0 Å². The first-order chi connectivity index (χ1) is 14.2. The zero-order valence-corrected chi connectivity index (χ0v) is 20.3. The molecule has 1 aromatic carbocycles. The number of benzene rings is 1. The highest BCUT2D eigenvalue weighted by Gasteiger charge is 2.53. The summed E-state index contributed by atoms with van der Waals surface area (Å²) in [5.41, 5.74) is 2.25. The average molecular weight is 432 g/mol. The summed E-state index contributed by atoms with van der Waals surface area (Å²) in [6.07, 6.45) is 1.52. The molecule has 1 heterocycles. The van der Waals surface area contributed by atoms with Gasteiger partial charge in [-0.3, -0.25) is 4.79 Å². The number of amides is 2. The average Bonchev–Trinajstić information content (AvgIpc) is 3.45. The van der Waals surface area contributed by atoms with Gasteiger partial charge >= 0.3 is 6.09 Å². The third-order valence-electron chi connectivity index (χ3n) is 6.84. The fourth-order valence-corrected chi connectivity index (χ4v) is 10.8. The molecule has 0 radical (unpaired) electrons. The molecule has 3 rings (SSSR count). The second-order valence-electron chi connectivity index (χ2n) is 9.82. The minimum Gasteiger partial charge on any atom is -0.447 e. The van der Waals surface area contributed by atoms with E-state index in [9.17, 15) is 9.59 Å². The Morgan fingerprint density at radius 3 is 2.13 bits per heavy atom. The third-order valence-corrected chi connectivity index (χ3v) is 12.9. The van der Waals surface area contributed by atoms with Crippen LogP contribution in [0.1, 0.15) is 59.9 Å². The van der Waals surface area contributed by atoms with Crippen molar-refractivity contribution in [2.75, 3.05) is 6.61 Å². The van der Waals surface area contributed by atoms with Crippen LogP contribution in [-0.4, -0.2) is 44.0 Å². The van der Waals surface area contributed by atoms with Crippen molar-refractivity contribution in [1.29, 1.82) is 0 Å². The van der Waals surface area contributed by atoms with E-state index in [1.165, 1.54) is 4.90 Å². The molecule has 30 heavy (non-hydrogen) atoms. The van der Waals surface area contributed by atoms with Crippen LogP contribution >= 0.6 is 0 Å². The van der Waals surface area contributed by atoms with Crippen LogP contribution in [0.3, 0.4) is 0 Å². The molecule has 0 bridgehead atoms. The van der Waals surface area contributed by atoms with E-state index in [0.29, 0.717) is 23.0 Å². The molecule has 1 saturated heterocycles. The number of carbonyl (C=O) groups is 2. The molecule has 2 aliphatic rings. The highest BCUT2D eigenvalue weighted by atomic mass is 28.4. The maximum absolute atomic E-state index is 13.7. The Balaban J connectivity index is 1.86. The maximum atomic E-state index is 13.7. The Morgan fingerprint density at radius 2 is 1.63 bits per heavy atom. The zero-order valence-electron chi connectivity index (χ0n) is 19.3. The molecule has 1 aliphatic carbocycles. The molecular weight excluding hydrogens is 394 g/mol. The van der Waals surface area contributed by atoms with Crippen LogP contribution in [0, 0.1) is 5.92 Å². The number of hydrogen-bond acceptors (Lipinski definition) is 4. The minimum atomic E-state index is -2.24. The van der Waals surface area contributed by atoms with Crippen LogP contribution in [-0.2, 0) is 20.4 Å². The van der Waals surface area contributed by atoms with Gasteiger partial charge in [-0.15, -0.1) is 0 Å². The van der Waals surface area contributed by atoms with Crippen LogP contribution in [0.2, 0.25) is 16.6 Å². The van der Waals surface area contributed by atoms with Crippen LogP contribution in [0.5, 0.6) is 0 Å². The van der Waals surface area contributed by atoms with Gasteiger partial charge in [0, 0.05) is 0 Å². The lowest BCUT2D eigenvalue weighted by Gasteiger charge is -2.44. The quantitative estimate of drug-likeness (QED) is 0.481. The molecular formula is C24H37NO4Si. The van der Waals surface area contributed by atoms with Crippen LogP contribution in [0.25, 0.3) is 0 Å². The van der Waals surface area contributed by atoms with Crippen molar-refractivity contribution in [1.82, 2.24) is 4.90 Å². The molecule has 5 nitrogen and oxygen atoms in total. The van der Waals surface area contributed by atoms with Gasteiger partial charge in [0.15, 0.2) is 0 Å². The highest BCUT2D eigenvalue weighted by Crippen LogP contribution is 2.46. The molecule has 1 aliphatic heterocycles. The number of imide groups is 1. The second kappa shape index (κ2) is 9.23. The van der Waals surface area contributed by atoms with E-state index < -0.39 is 20.5 Å². The second-order valence-corrected chi connectivity index (χ2v) is 15.2. The maximum Gasteiger partial charge on any atom is 0.417 e. The van der Waals surface area contributed by atoms with Gasteiger partial charge in [0.05, 0.1) is 6.04 Å². The Kier molecular flexibility index (Phi) is 7.08. The fourth-order valence-electron chi connectivity index (χ4n) is 5.28. The largest absolute Gasteiger partial charge is 0.447 e. The SMILES string of the molecule is CC(C)[Si](O[C@H](C(=O)N1C(=O)OC[C@@H]1Cc1ccccc1)C1CC1)(C(C)C)C(C)C. The van der Waals surface area contributed by atoms with Gasteiger partial charge in [-0.1, -0.05) is 71.9 Å². The van der Waals surface area contributed by atoms with Crippen LogP contribution in [0.4, 0.5) is 4.79 Å². The zero-order chi connectivity index (χ0) is 22.1. The van der Waals surface area contributed by atoms with Gasteiger partial charge in [-0.2, -0.15) is 0 Å². The Labute approximate surface area is 182 Å². The standard InChI is InChI=1S/C24H37NO4Si/c1-16(2)30(17(3)4,18(5)6)29-22(20-12-13-20)23(26)25-21(15-28-24(25)27)14-19-10-8-7-9-11-19/h7-11,16-18,20-22H,12-15H2,1-6H3/t21-,22-/m0/s1.